The summed E-state index contributed by atoms with van der Waals surface area (Å²) in [6.45, 7) is 5.22. The monoisotopic (exact) mass is 362 g/mol. The van der Waals surface area contributed by atoms with Gasteiger partial charge in [-0.05, 0) is 43.7 Å². The van der Waals surface area contributed by atoms with Crippen LogP contribution in [0.4, 0.5) is 21.6 Å². The number of hydrogen-bond donors (Lipinski definition) is 2. The largest absolute Gasteiger partial charge is 0.398 e. The van der Waals surface area contributed by atoms with Crippen LogP contribution in [0.1, 0.15) is 18.1 Å². The first-order chi connectivity index (χ1) is 12.9. The highest BCUT2D eigenvalue weighted by molar-refractivity contribution is 5.94. The van der Waals surface area contributed by atoms with E-state index in [2.05, 4.69) is 34.0 Å². The number of nitrogens with zero attached hydrogens (tertiary/aromatic N) is 2. The minimum absolute atomic E-state index is 0.123. The van der Waals surface area contributed by atoms with E-state index in [1.54, 1.807) is 18.2 Å². The van der Waals surface area contributed by atoms with Gasteiger partial charge >= 0.3 is 0 Å². The molecule has 0 unspecified atom stereocenters. The van der Waals surface area contributed by atoms with Crippen LogP contribution < -0.4 is 11.1 Å². The normalized spacial score (nSPS) is 14.9. The Morgan fingerprint density at radius 1 is 1.22 bits per heavy atom. The number of nitrogens with one attached hydrogen (secondary N) is 1. The summed E-state index contributed by atoms with van der Waals surface area (Å²) in [5.74, 6) is 6.51. The average molecular weight is 362 g/mol. The predicted octanol–water partition coefficient (Wildman–Crippen LogP) is 3.79. The van der Waals surface area contributed by atoms with Crippen LogP contribution in [-0.4, -0.2) is 23.2 Å². The molecule has 1 aliphatic heterocycles. The molecule has 2 aromatic carbocycles. The number of benzene rings is 2. The lowest BCUT2D eigenvalue weighted by Crippen LogP contribution is -2.38. The van der Waals surface area contributed by atoms with Gasteiger partial charge in [-0.3, -0.25) is 0 Å². The second-order valence-corrected chi connectivity index (χ2v) is 7.09. The maximum Gasteiger partial charge on any atom is 0.146 e. The lowest BCUT2D eigenvalue weighted by Gasteiger charge is -2.32. The van der Waals surface area contributed by atoms with E-state index in [9.17, 15) is 4.39 Å². The number of halogens is 1. The number of hydrogen-bond acceptors (Lipinski definition) is 5. The maximum absolute atomic E-state index is 14.1. The Balaban J connectivity index is 1.73. The van der Waals surface area contributed by atoms with Crippen molar-refractivity contribution in [3.63, 3.8) is 0 Å². The molecule has 2 heterocycles. The van der Waals surface area contributed by atoms with Crippen molar-refractivity contribution < 1.29 is 9.13 Å². The lowest BCUT2D eigenvalue weighted by molar-refractivity contribution is -0.0648. The standard InChI is InChI=1S/C21H19FN4O/c1-13-3-4-16(22)19(7-13)26-20-15-9-17(23)14(8-18(15)24-12-25-20)5-6-21(2)10-27-11-21/h3-4,7-9,12H,10-11,23H2,1-2H3,(H,24,25,26). The Morgan fingerprint density at radius 2 is 2.04 bits per heavy atom. The lowest BCUT2D eigenvalue weighted by atomic mass is 9.89. The van der Waals surface area contributed by atoms with Gasteiger partial charge in [-0.25, -0.2) is 14.4 Å². The molecule has 6 heteroatoms. The number of nitrogen functional groups attached to an aromatic ring is 1. The Bertz CT molecular complexity index is 1100. The fourth-order valence-electron chi connectivity index (χ4n) is 2.89. The molecule has 0 bridgehead atoms. The van der Waals surface area contributed by atoms with Crippen LogP contribution in [-0.2, 0) is 4.74 Å². The highest BCUT2D eigenvalue weighted by Crippen LogP contribution is 2.29. The van der Waals surface area contributed by atoms with E-state index in [4.69, 9.17) is 10.5 Å². The van der Waals surface area contributed by atoms with Crippen LogP contribution in [0.3, 0.4) is 0 Å². The van der Waals surface area contributed by atoms with E-state index in [0.717, 1.165) is 5.56 Å². The summed E-state index contributed by atoms with van der Waals surface area (Å²) >= 11 is 0. The van der Waals surface area contributed by atoms with Crippen LogP contribution in [0.2, 0.25) is 0 Å². The highest BCUT2D eigenvalue weighted by Gasteiger charge is 2.31. The molecule has 5 nitrogen and oxygen atoms in total. The number of nitrogens with two attached hydrogens (primary N) is 1. The number of fused-ring (bicyclic) bond motifs is 1. The van der Waals surface area contributed by atoms with Crippen molar-refractivity contribution in [1.82, 2.24) is 9.97 Å². The van der Waals surface area contributed by atoms with Gasteiger partial charge in [-0.15, -0.1) is 0 Å². The molecule has 3 aromatic rings. The van der Waals surface area contributed by atoms with E-state index < -0.39 is 0 Å². The van der Waals surface area contributed by atoms with Crippen molar-refractivity contribution in [3.8, 4) is 11.8 Å². The molecular weight excluding hydrogens is 343 g/mol. The fraction of sp³-hybridized carbons (Fsp3) is 0.238. The zero-order chi connectivity index (χ0) is 19.0. The second-order valence-electron chi connectivity index (χ2n) is 7.09. The van der Waals surface area contributed by atoms with Gasteiger partial charge in [-0.2, -0.15) is 0 Å². The van der Waals surface area contributed by atoms with Gasteiger partial charge in [0.2, 0.25) is 0 Å². The number of anilines is 3. The molecule has 1 fully saturated rings. The van der Waals surface area contributed by atoms with E-state index in [1.165, 1.54) is 12.4 Å². The third kappa shape index (κ3) is 3.42. The van der Waals surface area contributed by atoms with E-state index in [1.807, 2.05) is 13.0 Å². The zero-order valence-electron chi connectivity index (χ0n) is 15.1. The smallest absolute Gasteiger partial charge is 0.146 e. The molecular formula is C21H19FN4O. The third-order valence-electron chi connectivity index (χ3n) is 4.52. The van der Waals surface area contributed by atoms with Crippen LogP contribution in [0.25, 0.3) is 10.9 Å². The van der Waals surface area contributed by atoms with Gasteiger partial charge < -0.3 is 15.8 Å². The van der Waals surface area contributed by atoms with Gasteiger partial charge in [0.15, 0.2) is 0 Å². The summed E-state index contributed by atoms with van der Waals surface area (Å²) in [7, 11) is 0. The molecule has 0 atom stereocenters. The Morgan fingerprint density at radius 3 is 2.78 bits per heavy atom. The van der Waals surface area contributed by atoms with Crippen LogP contribution in [0, 0.1) is 30.0 Å². The highest BCUT2D eigenvalue weighted by atomic mass is 19.1. The van der Waals surface area contributed by atoms with Crippen molar-refractivity contribution in [2.24, 2.45) is 5.41 Å². The minimum Gasteiger partial charge on any atom is -0.398 e. The number of aromatic nitrogens is 2. The third-order valence-corrected chi connectivity index (χ3v) is 4.52. The molecule has 3 N–H and O–H groups in total. The second kappa shape index (κ2) is 6.53. The first kappa shape index (κ1) is 17.3. The van der Waals surface area contributed by atoms with Crippen molar-refractivity contribution >= 4 is 28.1 Å². The van der Waals surface area contributed by atoms with Gasteiger partial charge in [0, 0.05) is 16.6 Å². The van der Waals surface area contributed by atoms with E-state index in [-0.39, 0.29) is 11.2 Å². The van der Waals surface area contributed by atoms with Gasteiger partial charge in [0.25, 0.3) is 0 Å². The number of aryl methyl sites for hydroxylation is 1. The molecule has 136 valence electrons. The van der Waals surface area contributed by atoms with E-state index in [0.29, 0.717) is 46.9 Å². The Kier molecular flexibility index (Phi) is 4.17. The summed E-state index contributed by atoms with van der Waals surface area (Å²) in [5.41, 5.74) is 9.31. The van der Waals surface area contributed by atoms with Crippen LogP contribution in [0.15, 0.2) is 36.7 Å². The van der Waals surface area contributed by atoms with Crippen molar-refractivity contribution in [2.75, 3.05) is 24.3 Å². The number of rotatable bonds is 2. The summed E-state index contributed by atoms with van der Waals surface area (Å²) in [4.78, 5) is 8.57. The van der Waals surface area contributed by atoms with Crippen LogP contribution >= 0.6 is 0 Å². The fourth-order valence-corrected chi connectivity index (χ4v) is 2.89. The molecule has 0 spiro atoms. The van der Waals surface area contributed by atoms with Crippen molar-refractivity contribution in [2.45, 2.75) is 13.8 Å². The quantitative estimate of drug-likeness (QED) is 0.536. The van der Waals surface area contributed by atoms with E-state index >= 15 is 0 Å². The first-order valence-corrected chi connectivity index (χ1v) is 8.62. The first-order valence-electron chi connectivity index (χ1n) is 8.62. The van der Waals surface area contributed by atoms with Gasteiger partial charge in [0.05, 0.1) is 29.8 Å². The summed E-state index contributed by atoms with van der Waals surface area (Å²) in [5, 5.41) is 3.75. The number of ether oxygens (including phenoxy) is 1. The molecule has 1 aromatic heterocycles. The summed E-state index contributed by atoms with van der Waals surface area (Å²) < 4.78 is 19.3. The van der Waals surface area contributed by atoms with Gasteiger partial charge in [-0.1, -0.05) is 17.9 Å². The predicted molar refractivity (Wildman–Crippen MR) is 104 cm³/mol. The van der Waals surface area contributed by atoms with Crippen LogP contribution in [0.5, 0.6) is 0 Å². The molecule has 1 saturated heterocycles. The molecule has 27 heavy (non-hydrogen) atoms. The Labute approximate surface area is 156 Å². The Hall–Kier alpha value is -3.17. The van der Waals surface area contributed by atoms with Crippen molar-refractivity contribution in [3.05, 3.63) is 53.6 Å². The summed E-state index contributed by atoms with van der Waals surface area (Å²) in [6, 6.07) is 8.48. The van der Waals surface area contributed by atoms with Gasteiger partial charge in [0.1, 0.15) is 18.0 Å². The molecule has 0 amide bonds. The van der Waals surface area contributed by atoms with Crippen molar-refractivity contribution in [1.29, 1.82) is 0 Å². The molecule has 0 saturated carbocycles. The minimum atomic E-state index is -0.348. The SMILES string of the molecule is Cc1ccc(F)c(Nc2ncnc3cc(C#CC4(C)COC4)c(N)cc23)c1. The molecule has 0 aliphatic carbocycles. The maximum atomic E-state index is 14.1. The zero-order valence-corrected chi connectivity index (χ0v) is 15.1. The molecule has 4 rings (SSSR count). The summed E-state index contributed by atoms with van der Waals surface area (Å²) in [6.07, 6.45) is 1.44. The molecule has 0 radical (unpaired) electrons. The topological polar surface area (TPSA) is 73.1 Å². The molecule has 1 aliphatic rings. The average Bonchev–Trinajstić information content (AvgIpc) is 2.62.